The summed E-state index contributed by atoms with van der Waals surface area (Å²) in [5, 5.41) is 21.6. The number of nitrogens with zero attached hydrogens (tertiary/aromatic N) is 4. The Balaban J connectivity index is 1.49. The summed E-state index contributed by atoms with van der Waals surface area (Å²) in [5.41, 5.74) is 2.19. The minimum Gasteiger partial charge on any atom is -0.375 e. The maximum Gasteiger partial charge on any atom is 0.269 e. The van der Waals surface area contributed by atoms with E-state index in [0.29, 0.717) is 12.3 Å². The fourth-order valence-corrected chi connectivity index (χ4v) is 3.69. The number of non-ortho nitro benzene ring substituents is 1. The first-order valence-corrected chi connectivity index (χ1v) is 9.16. The Morgan fingerprint density at radius 2 is 1.81 bits per heavy atom. The first-order valence-electron chi connectivity index (χ1n) is 9.16. The Morgan fingerprint density at radius 1 is 1.15 bits per heavy atom. The minimum absolute atomic E-state index is 0.114. The highest BCUT2D eigenvalue weighted by Gasteiger charge is 2.23. The van der Waals surface area contributed by atoms with Crippen molar-refractivity contribution in [3.63, 3.8) is 0 Å². The fraction of sp³-hybridized carbons (Fsp3) is 0.474. The van der Waals surface area contributed by atoms with Crippen LogP contribution in [0.25, 0.3) is 0 Å². The second kappa shape index (κ2) is 8.20. The van der Waals surface area contributed by atoms with Crippen LogP contribution in [0.3, 0.4) is 0 Å². The molecule has 0 spiro atoms. The van der Waals surface area contributed by atoms with Gasteiger partial charge in [0, 0.05) is 61.5 Å². The van der Waals surface area contributed by atoms with Gasteiger partial charge in [0.2, 0.25) is 6.04 Å². The van der Waals surface area contributed by atoms with Crippen LogP contribution in [-0.2, 0) is 0 Å². The standard InChI is InChI=1S/C19H24N4O4/c1-20(16-2-6-18(7-3-16)22(24)25)14-15-10-12-21(13-11-15)17-4-8-19(9-5-17)23(26)27/h2-6,8-9,15,18H,7,10-14H2,1H3. The molecule has 0 aromatic heterocycles. The molecular weight excluding hydrogens is 348 g/mol. The highest BCUT2D eigenvalue weighted by molar-refractivity contribution is 5.51. The number of nitro groups is 2. The van der Waals surface area contributed by atoms with Crippen LogP contribution in [0, 0.1) is 26.1 Å². The van der Waals surface area contributed by atoms with Crippen molar-refractivity contribution in [2.24, 2.45) is 5.92 Å². The molecule has 1 unspecified atom stereocenters. The molecule has 0 amide bonds. The molecule has 27 heavy (non-hydrogen) atoms. The molecule has 1 heterocycles. The summed E-state index contributed by atoms with van der Waals surface area (Å²) in [5.74, 6) is 0.562. The van der Waals surface area contributed by atoms with E-state index >= 15 is 0 Å². The summed E-state index contributed by atoms with van der Waals surface area (Å²) in [6.07, 6.45) is 8.01. The van der Waals surface area contributed by atoms with Gasteiger partial charge in [-0.2, -0.15) is 0 Å². The van der Waals surface area contributed by atoms with Crippen molar-refractivity contribution in [3.8, 4) is 0 Å². The summed E-state index contributed by atoms with van der Waals surface area (Å²) < 4.78 is 0. The van der Waals surface area contributed by atoms with E-state index in [1.807, 2.05) is 31.3 Å². The summed E-state index contributed by atoms with van der Waals surface area (Å²) >= 11 is 0. The van der Waals surface area contributed by atoms with Crippen molar-refractivity contribution in [1.29, 1.82) is 0 Å². The van der Waals surface area contributed by atoms with E-state index < -0.39 is 6.04 Å². The van der Waals surface area contributed by atoms with Gasteiger partial charge in [0.05, 0.1) is 4.92 Å². The van der Waals surface area contributed by atoms with Crippen molar-refractivity contribution < 1.29 is 9.85 Å². The number of likely N-dealkylation sites (N-methyl/N-ethyl adjacent to an activating group) is 1. The Labute approximate surface area is 158 Å². The number of nitro benzene ring substituents is 1. The molecule has 0 radical (unpaired) electrons. The second-order valence-electron chi connectivity index (χ2n) is 7.16. The molecule has 144 valence electrons. The first kappa shape index (κ1) is 18.9. The van der Waals surface area contributed by atoms with E-state index in [0.717, 1.165) is 43.9 Å². The SMILES string of the molecule is CN(CC1CCN(c2ccc([N+](=O)[O-])cc2)CC1)C1=CCC([N+](=O)[O-])C=C1. The molecule has 8 nitrogen and oxygen atoms in total. The van der Waals surface area contributed by atoms with Crippen molar-refractivity contribution in [2.45, 2.75) is 25.3 Å². The number of benzene rings is 1. The van der Waals surface area contributed by atoms with E-state index in [1.165, 1.54) is 0 Å². The molecule has 1 aliphatic carbocycles. The quantitative estimate of drug-likeness (QED) is 0.562. The summed E-state index contributed by atoms with van der Waals surface area (Å²) in [4.78, 5) is 25.4. The fourth-order valence-electron chi connectivity index (χ4n) is 3.69. The lowest BCUT2D eigenvalue weighted by molar-refractivity contribution is -0.508. The number of allylic oxidation sites excluding steroid dienone is 1. The van der Waals surface area contributed by atoms with E-state index in [9.17, 15) is 20.2 Å². The average molecular weight is 372 g/mol. The van der Waals surface area contributed by atoms with Gasteiger partial charge in [-0.05, 0) is 43.0 Å². The van der Waals surface area contributed by atoms with E-state index in [1.54, 1.807) is 18.2 Å². The maximum absolute atomic E-state index is 10.8. The van der Waals surface area contributed by atoms with Crippen molar-refractivity contribution in [3.05, 3.63) is 68.4 Å². The molecule has 3 rings (SSSR count). The van der Waals surface area contributed by atoms with E-state index in [4.69, 9.17) is 0 Å². The third-order valence-corrected chi connectivity index (χ3v) is 5.34. The molecule has 1 atom stereocenters. The van der Waals surface area contributed by atoms with Crippen LogP contribution in [0.4, 0.5) is 11.4 Å². The van der Waals surface area contributed by atoms with Crippen LogP contribution >= 0.6 is 0 Å². The number of anilines is 1. The topological polar surface area (TPSA) is 92.8 Å². The van der Waals surface area contributed by atoms with Gasteiger partial charge in [0.25, 0.3) is 5.69 Å². The van der Waals surface area contributed by atoms with Crippen LogP contribution in [0.15, 0.2) is 48.2 Å². The van der Waals surface area contributed by atoms with Crippen LogP contribution in [0.2, 0.25) is 0 Å². The van der Waals surface area contributed by atoms with Gasteiger partial charge in [0.1, 0.15) is 0 Å². The van der Waals surface area contributed by atoms with Crippen LogP contribution in [0.1, 0.15) is 19.3 Å². The average Bonchev–Trinajstić information content (AvgIpc) is 2.68. The van der Waals surface area contributed by atoms with Gasteiger partial charge in [-0.1, -0.05) is 6.08 Å². The van der Waals surface area contributed by atoms with Crippen LogP contribution in [0.5, 0.6) is 0 Å². The molecule has 0 N–H and O–H groups in total. The zero-order valence-electron chi connectivity index (χ0n) is 15.4. The van der Waals surface area contributed by atoms with Crippen molar-refractivity contribution in [1.82, 2.24) is 4.90 Å². The highest BCUT2D eigenvalue weighted by atomic mass is 16.6. The largest absolute Gasteiger partial charge is 0.375 e. The molecule has 1 aromatic rings. The van der Waals surface area contributed by atoms with Gasteiger partial charge in [-0.3, -0.25) is 20.2 Å². The predicted molar refractivity (Wildman–Crippen MR) is 103 cm³/mol. The summed E-state index contributed by atoms with van der Waals surface area (Å²) in [7, 11) is 2.03. The molecular formula is C19H24N4O4. The molecule has 1 aromatic carbocycles. The van der Waals surface area contributed by atoms with Crippen molar-refractivity contribution in [2.75, 3.05) is 31.6 Å². The number of piperidine rings is 1. The number of hydrogen-bond acceptors (Lipinski definition) is 6. The van der Waals surface area contributed by atoms with Crippen molar-refractivity contribution >= 4 is 11.4 Å². The zero-order chi connectivity index (χ0) is 19.4. The Morgan fingerprint density at radius 3 is 2.33 bits per heavy atom. The third-order valence-electron chi connectivity index (χ3n) is 5.34. The van der Waals surface area contributed by atoms with Crippen LogP contribution in [-0.4, -0.2) is 47.5 Å². The lowest BCUT2D eigenvalue weighted by Crippen LogP contribution is -2.37. The van der Waals surface area contributed by atoms with Gasteiger partial charge in [-0.15, -0.1) is 0 Å². The number of rotatable bonds is 6. The molecule has 1 saturated heterocycles. The van der Waals surface area contributed by atoms with Gasteiger partial charge >= 0.3 is 0 Å². The maximum atomic E-state index is 10.8. The Bertz CT molecular complexity index is 751. The summed E-state index contributed by atoms with van der Waals surface area (Å²) in [6.45, 7) is 2.77. The molecule has 8 heteroatoms. The molecule has 2 aliphatic rings. The Kier molecular flexibility index (Phi) is 5.73. The Hall–Kier alpha value is -2.90. The van der Waals surface area contributed by atoms with Gasteiger partial charge in [-0.25, -0.2) is 0 Å². The molecule has 1 aliphatic heterocycles. The predicted octanol–water partition coefficient (Wildman–Crippen LogP) is 3.23. The zero-order valence-corrected chi connectivity index (χ0v) is 15.4. The van der Waals surface area contributed by atoms with Crippen LogP contribution < -0.4 is 4.90 Å². The highest BCUT2D eigenvalue weighted by Crippen LogP contribution is 2.26. The second-order valence-corrected chi connectivity index (χ2v) is 7.16. The molecule has 1 fully saturated rings. The molecule has 0 bridgehead atoms. The first-order chi connectivity index (χ1) is 12.9. The van der Waals surface area contributed by atoms with Gasteiger partial charge < -0.3 is 9.80 Å². The lowest BCUT2D eigenvalue weighted by atomic mass is 9.95. The van der Waals surface area contributed by atoms with E-state index in [-0.39, 0.29) is 15.5 Å². The minimum atomic E-state index is -0.605. The molecule has 0 saturated carbocycles. The summed E-state index contributed by atoms with van der Waals surface area (Å²) in [6, 6.07) is 6.12. The number of hydrogen-bond donors (Lipinski definition) is 0. The lowest BCUT2D eigenvalue weighted by Gasteiger charge is -2.36. The third kappa shape index (κ3) is 4.64. The smallest absolute Gasteiger partial charge is 0.269 e. The normalized spacial score (nSPS) is 20.3. The monoisotopic (exact) mass is 372 g/mol. The van der Waals surface area contributed by atoms with Gasteiger partial charge in [0.15, 0.2) is 0 Å². The van der Waals surface area contributed by atoms with E-state index in [2.05, 4.69) is 9.80 Å².